The molecule has 1 aliphatic heterocycles. The van der Waals surface area contributed by atoms with E-state index in [0.717, 1.165) is 16.7 Å². The number of halogens is 1. The fraction of sp³-hybridized carbons (Fsp3) is 0.257. The van der Waals surface area contributed by atoms with E-state index in [2.05, 4.69) is 41.7 Å². The van der Waals surface area contributed by atoms with Gasteiger partial charge in [0.05, 0.1) is 12.1 Å². The first-order chi connectivity index (χ1) is 20.7. The highest BCUT2D eigenvalue weighted by Gasteiger charge is 2.43. The van der Waals surface area contributed by atoms with Gasteiger partial charge in [-0.25, -0.2) is 14.0 Å². The summed E-state index contributed by atoms with van der Waals surface area (Å²) in [6.07, 6.45) is 1.31. The Morgan fingerprint density at radius 1 is 0.930 bits per heavy atom. The minimum atomic E-state index is -1.66. The summed E-state index contributed by atoms with van der Waals surface area (Å²) in [7, 11) is 1.82. The monoisotopic (exact) mass is 582 g/mol. The number of nitrogens with one attached hydrogen (secondary N) is 1. The van der Waals surface area contributed by atoms with Crippen molar-refractivity contribution in [1.29, 1.82) is 0 Å². The first-order valence-electron chi connectivity index (χ1n) is 14.2. The molecule has 5 rings (SSSR count). The van der Waals surface area contributed by atoms with Crippen LogP contribution in [-0.4, -0.2) is 53.3 Å². The molecule has 7 nitrogen and oxygen atoms in total. The smallest absolute Gasteiger partial charge is 0.348 e. The van der Waals surface area contributed by atoms with Crippen LogP contribution < -0.4 is 14.8 Å². The highest BCUT2D eigenvalue weighted by molar-refractivity contribution is 5.78. The zero-order chi connectivity index (χ0) is 30.5. The lowest BCUT2D eigenvalue weighted by Gasteiger charge is -2.35. The largest absolute Gasteiger partial charge is 0.494 e. The molecular weight excluding hydrogens is 547 g/mol. The summed E-state index contributed by atoms with van der Waals surface area (Å²) in [6.45, 7) is 2.32. The summed E-state index contributed by atoms with van der Waals surface area (Å²) in [5.41, 5.74) is 2.02. The Bertz CT molecular complexity index is 1560. The highest BCUT2D eigenvalue weighted by atomic mass is 19.1. The van der Waals surface area contributed by atoms with Crippen molar-refractivity contribution >= 4 is 12.0 Å². The van der Waals surface area contributed by atoms with E-state index >= 15 is 0 Å². The Kier molecular flexibility index (Phi) is 8.66. The average molecular weight is 583 g/mol. The van der Waals surface area contributed by atoms with Gasteiger partial charge in [-0.2, -0.15) is 0 Å². The lowest BCUT2D eigenvalue weighted by Crippen LogP contribution is -2.47. The van der Waals surface area contributed by atoms with Crippen molar-refractivity contribution in [3.05, 3.63) is 120 Å². The van der Waals surface area contributed by atoms with Crippen molar-refractivity contribution in [2.75, 3.05) is 20.2 Å². The van der Waals surface area contributed by atoms with Crippen LogP contribution in [0.4, 0.5) is 9.18 Å². The molecule has 0 saturated carbocycles. The third kappa shape index (κ3) is 6.80. The molecule has 0 bridgehead atoms. The number of hydrogen-bond acceptors (Lipinski definition) is 4. The Labute approximate surface area is 250 Å². The van der Waals surface area contributed by atoms with Gasteiger partial charge in [0.25, 0.3) is 0 Å². The third-order valence-electron chi connectivity index (χ3n) is 8.10. The lowest BCUT2D eigenvalue weighted by molar-refractivity contribution is -0.153. The molecule has 1 saturated heterocycles. The third-order valence-corrected chi connectivity index (χ3v) is 8.10. The van der Waals surface area contributed by atoms with Gasteiger partial charge in [-0.15, -0.1) is 0 Å². The molecular formula is C35H35FN2O5. The van der Waals surface area contributed by atoms with E-state index in [1.807, 2.05) is 25.2 Å². The van der Waals surface area contributed by atoms with Crippen LogP contribution in [0.2, 0.25) is 0 Å². The number of aliphatic carboxylic acids is 1. The van der Waals surface area contributed by atoms with E-state index < -0.39 is 22.9 Å². The quantitative estimate of drug-likeness (QED) is 0.203. The van der Waals surface area contributed by atoms with E-state index in [-0.39, 0.29) is 18.2 Å². The second-order valence-corrected chi connectivity index (χ2v) is 11.2. The number of nitrogens with zero attached hydrogens (tertiary/aromatic N) is 1. The summed E-state index contributed by atoms with van der Waals surface area (Å²) in [6, 6.07) is 31.4. The molecule has 0 aromatic heterocycles. The van der Waals surface area contributed by atoms with Crippen LogP contribution in [0.25, 0.3) is 11.1 Å². The second kappa shape index (κ2) is 12.6. The van der Waals surface area contributed by atoms with E-state index in [4.69, 9.17) is 9.47 Å². The normalized spacial score (nSPS) is 17.7. The van der Waals surface area contributed by atoms with E-state index in [1.54, 1.807) is 35.2 Å². The second-order valence-electron chi connectivity index (χ2n) is 11.2. The maximum Gasteiger partial charge on any atom is 0.348 e. The number of urea groups is 1. The van der Waals surface area contributed by atoms with E-state index in [1.165, 1.54) is 25.1 Å². The maximum atomic E-state index is 14.1. The highest BCUT2D eigenvalue weighted by Crippen LogP contribution is 2.30. The number of carbonyl (C=O) groups excluding carboxylic acids is 1. The molecule has 1 fully saturated rings. The fourth-order valence-electron chi connectivity index (χ4n) is 5.42. The zero-order valence-electron chi connectivity index (χ0n) is 24.3. The van der Waals surface area contributed by atoms with Crippen molar-refractivity contribution in [1.82, 2.24) is 10.2 Å². The fourth-order valence-corrected chi connectivity index (χ4v) is 5.42. The molecule has 1 heterocycles. The molecule has 2 atom stereocenters. The van der Waals surface area contributed by atoms with Crippen LogP contribution in [0.15, 0.2) is 103 Å². The molecule has 2 amide bonds. The minimum absolute atomic E-state index is 0.0295. The topological polar surface area (TPSA) is 88.1 Å². The number of likely N-dealkylation sites (N-methyl/N-ethyl adjacent to an activating group) is 1. The van der Waals surface area contributed by atoms with Crippen LogP contribution in [0.3, 0.4) is 0 Å². The molecule has 43 heavy (non-hydrogen) atoms. The first kappa shape index (κ1) is 29.6. The van der Waals surface area contributed by atoms with Gasteiger partial charge in [0.2, 0.25) is 5.60 Å². The molecule has 4 aromatic rings. The van der Waals surface area contributed by atoms with Crippen LogP contribution in [0, 0.1) is 5.82 Å². The van der Waals surface area contributed by atoms with Crippen LogP contribution in [-0.2, 0) is 17.6 Å². The van der Waals surface area contributed by atoms with Gasteiger partial charge >= 0.3 is 12.0 Å². The van der Waals surface area contributed by atoms with Crippen LogP contribution in [0.5, 0.6) is 11.5 Å². The number of hydrogen-bond donors (Lipinski definition) is 2. The number of carboxylic acid groups (broad SMARTS) is 1. The Morgan fingerprint density at radius 3 is 2.19 bits per heavy atom. The van der Waals surface area contributed by atoms with Crippen LogP contribution in [0.1, 0.15) is 24.5 Å². The van der Waals surface area contributed by atoms with Crippen molar-refractivity contribution in [3.63, 3.8) is 0 Å². The van der Waals surface area contributed by atoms with Gasteiger partial charge in [-0.1, -0.05) is 78.9 Å². The number of amides is 2. The zero-order valence-corrected chi connectivity index (χ0v) is 24.3. The molecule has 0 radical (unpaired) electrons. The lowest BCUT2D eigenvalue weighted by atomic mass is 9.87. The van der Waals surface area contributed by atoms with E-state index in [0.29, 0.717) is 37.3 Å². The molecule has 4 aromatic carbocycles. The maximum absolute atomic E-state index is 14.1. The minimum Gasteiger partial charge on any atom is -0.494 e. The number of rotatable bonds is 12. The molecule has 222 valence electrons. The van der Waals surface area contributed by atoms with Gasteiger partial charge < -0.3 is 24.8 Å². The summed E-state index contributed by atoms with van der Waals surface area (Å²) in [5, 5.41) is 12.8. The van der Waals surface area contributed by atoms with E-state index in [9.17, 15) is 19.1 Å². The van der Waals surface area contributed by atoms with Gasteiger partial charge in [-0.3, -0.25) is 0 Å². The van der Waals surface area contributed by atoms with Crippen molar-refractivity contribution in [2.45, 2.75) is 37.3 Å². The summed E-state index contributed by atoms with van der Waals surface area (Å²) in [5.74, 6) is -1.30. The standard InChI is InChI=1S/C35H35FN2O5/c1-34(32(39)40,43-31-11-7-6-10-30(31)36)22-25-14-18-29(19-15-25)42-21-20-35(24-37-33(41)38(35)2)23-26-12-16-28(17-13-26)27-8-4-3-5-9-27/h3-19H,20-24H2,1-2H3,(H,37,41)(H,39,40). The van der Waals surface area contributed by atoms with Gasteiger partial charge in [-0.05, 0) is 59.9 Å². The number of carboxylic acids is 1. The van der Waals surface area contributed by atoms with Crippen molar-refractivity contribution < 1.29 is 28.6 Å². The van der Waals surface area contributed by atoms with Crippen molar-refractivity contribution in [3.8, 4) is 22.6 Å². The number of carbonyl (C=O) groups is 2. The van der Waals surface area contributed by atoms with Crippen LogP contribution >= 0.6 is 0 Å². The van der Waals surface area contributed by atoms with Gasteiger partial charge in [0, 0.05) is 26.4 Å². The summed E-state index contributed by atoms with van der Waals surface area (Å²) < 4.78 is 25.8. The molecule has 0 spiro atoms. The first-order valence-corrected chi connectivity index (χ1v) is 14.2. The molecule has 2 N–H and O–H groups in total. The SMILES string of the molecule is CN1C(=O)NCC1(CCOc1ccc(CC(C)(Oc2ccccc2F)C(=O)O)cc1)Cc1ccc(-c2ccccc2)cc1. The molecule has 2 unspecified atom stereocenters. The molecule has 0 aliphatic carbocycles. The Hall–Kier alpha value is -4.85. The summed E-state index contributed by atoms with van der Waals surface area (Å²) >= 11 is 0. The number of para-hydroxylation sites is 1. The Morgan fingerprint density at radius 2 is 1.56 bits per heavy atom. The van der Waals surface area contributed by atoms with Gasteiger partial charge in [0.15, 0.2) is 11.6 Å². The average Bonchev–Trinajstić information content (AvgIpc) is 3.28. The Balaban J connectivity index is 1.22. The predicted molar refractivity (Wildman–Crippen MR) is 163 cm³/mol. The summed E-state index contributed by atoms with van der Waals surface area (Å²) in [4.78, 5) is 26.3. The molecule has 1 aliphatic rings. The van der Waals surface area contributed by atoms with Gasteiger partial charge in [0.1, 0.15) is 5.75 Å². The molecule has 8 heteroatoms. The number of benzene rings is 4. The predicted octanol–water partition coefficient (Wildman–Crippen LogP) is 6.36. The van der Waals surface area contributed by atoms with Crippen molar-refractivity contribution in [2.24, 2.45) is 0 Å². The number of ether oxygens (including phenoxy) is 2.